The summed E-state index contributed by atoms with van der Waals surface area (Å²) in [6.45, 7) is 5.70. The lowest BCUT2D eigenvalue weighted by Crippen LogP contribution is -2.48. The van der Waals surface area contributed by atoms with Crippen molar-refractivity contribution < 1.29 is 4.79 Å². The highest BCUT2D eigenvalue weighted by molar-refractivity contribution is 5.91. The molecule has 29 heavy (non-hydrogen) atoms. The maximum absolute atomic E-state index is 12.4. The molecule has 0 N–H and O–H groups in total. The predicted octanol–water partition coefficient (Wildman–Crippen LogP) is 2.33. The average Bonchev–Trinajstić information content (AvgIpc) is 3.22. The van der Waals surface area contributed by atoms with E-state index < -0.39 is 0 Å². The molecule has 1 saturated heterocycles. The van der Waals surface area contributed by atoms with E-state index in [0.717, 1.165) is 30.2 Å². The van der Waals surface area contributed by atoms with E-state index in [4.69, 9.17) is 0 Å². The van der Waals surface area contributed by atoms with E-state index >= 15 is 0 Å². The molecule has 2 aromatic carbocycles. The van der Waals surface area contributed by atoms with Crippen LogP contribution in [-0.4, -0.2) is 62.1 Å². The number of nitrogens with zero attached hydrogens (tertiary/aromatic N) is 6. The van der Waals surface area contributed by atoms with Crippen LogP contribution in [0.1, 0.15) is 17.0 Å². The van der Waals surface area contributed by atoms with Crippen molar-refractivity contribution in [2.75, 3.05) is 26.2 Å². The van der Waals surface area contributed by atoms with Crippen molar-refractivity contribution in [1.29, 1.82) is 0 Å². The highest BCUT2D eigenvalue weighted by Gasteiger charge is 2.21. The second kappa shape index (κ2) is 8.79. The molecule has 1 amide bonds. The molecule has 1 aromatic heterocycles. The minimum atomic E-state index is 0.0537. The molecular formula is C22H24N6O. The van der Waals surface area contributed by atoms with Gasteiger partial charge < -0.3 is 4.90 Å². The van der Waals surface area contributed by atoms with Crippen molar-refractivity contribution in [2.45, 2.75) is 13.5 Å². The van der Waals surface area contributed by atoms with Gasteiger partial charge in [0.1, 0.15) is 0 Å². The first-order valence-corrected chi connectivity index (χ1v) is 9.78. The van der Waals surface area contributed by atoms with E-state index in [2.05, 4.69) is 27.3 Å². The molecule has 0 unspecified atom stereocenters. The molecular weight excluding hydrogens is 364 g/mol. The Labute approximate surface area is 170 Å². The van der Waals surface area contributed by atoms with Crippen LogP contribution in [0.25, 0.3) is 11.8 Å². The van der Waals surface area contributed by atoms with Gasteiger partial charge in [-0.05, 0) is 41.1 Å². The molecule has 3 aromatic rings. The number of hydrogen-bond donors (Lipinski definition) is 0. The lowest BCUT2D eigenvalue weighted by Gasteiger charge is -2.33. The van der Waals surface area contributed by atoms with Gasteiger partial charge in [-0.25, -0.2) is 0 Å². The van der Waals surface area contributed by atoms with Gasteiger partial charge in [-0.15, -0.1) is 5.10 Å². The van der Waals surface area contributed by atoms with Crippen LogP contribution in [0.2, 0.25) is 0 Å². The standard InChI is InChI=1S/C22H24N6O/c1-18-7-10-20(11-8-18)28-21(23-24-25-28)17-26-13-15-27(16-14-26)22(29)12-9-19-5-3-2-4-6-19/h2-12H,13-17H2,1H3/b12-9-. The van der Waals surface area contributed by atoms with Gasteiger partial charge in [-0.2, -0.15) is 4.68 Å². The number of aryl methyl sites for hydroxylation is 1. The van der Waals surface area contributed by atoms with Gasteiger partial charge in [0.2, 0.25) is 5.91 Å². The number of tetrazole rings is 1. The van der Waals surface area contributed by atoms with E-state index in [1.54, 1.807) is 10.8 Å². The first-order chi connectivity index (χ1) is 14.2. The smallest absolute Gasteiger partial charge is 0.246 e. The van der Waals surface area contributed by atoms with Crippen molar-refractivity contribution >= 4 is 12.0 Å². The van der Waals surface area contributed by atoms with Gasteiger partial charge in [0.15, 0.2) is 5.82 Å². The van der Waals surface area contributed by atoms with Crippen molar-refractivity contribution in [2.24, 2.45) is 0 Å². The second-order valence-electron chi connectivity index (χ2n) is 7.19. The molecule has 0 saturated carbocycles. The number of benzene rings is 2. The Bertz CT molecular complexity index is 972. The fourth-order valence-corrected chi connectivity index (χ4v) is 3.35. The van der Waals surface area contributed by atoms with E-state index in [-0.39, 0.29) is 5.91 Å². The molecule has 0 bridgehead atoms. The Kier molecular flexibility index (Phi) is 5.76. The third kappa shape index (κ3) is 4.75. The van der Waals surface area contributed by atoms with Gasteiger partial charge in [-0.1, -0.05) is 48.0 Å². The first-order valence-electron chi connectivity index (χ1n) is 9.78. The third-order valence-corrected chi connectivity index (χ3v) is 5.08. The van der Waals surface area contributed by atoms with Crippen LogP contribution in [0.4, 0.5) is 0 Å². The van der Waals surface area contributed by atoms with Crippen molar-refractivity contribution in [3.8, 4) is 5.69 Å². The lowest BCUT2D eigenvalue weighted by molar-refractivity contribution is -0.127. The summed E-state index contributed by atoms with van der Waals surface area (Å²) in [6, 6.07) is 18.0. The SMILES string of the molecule is Cc1ccc(-n2nnnc2CN2CCN(C(=O)/C=C\c3ccccc3)CC2)cc1. The minimum Gasteiger partial charge on any atom is -0.337 e. The predicted molar refractivity (Wildman–Crippen MR) is 111 cm³/mol. The van der Waals surface area contributed by atoms with E-state index in [9.17, 15) is 4.79 Å². The summed E-state index contributed by atoms with van der Waals surface area (Å²) in [7, 11) is 0. The van der Waals surface area contributed by atoms with Gasteiger partial charge in [0.25, 0.3) is 0 Å². The fraction of sp³-hybridized carbons (Fsp3) is 0.273. The third-order valence-electron chi connectivity index (χ3n) is 5.08. The quantitative estimate of drug-likeness (QED) is 0.628. The van der Waals surface area contributed by atoms with E-state index in [0.29, 0.717) is 19.6 Å². The molecule has 4 rings (SSSR count). The van der Waals surface area contributed by atoms with Crippen LogP contribution >= 0.6 is 0 Å². The summed E-state index contributed by atoms with van der Waals surface area (Å²) in [4.78, 5) is 16.6. The molecule has 7 nitrogen and oxygen atoms in total. The monoisotopic (exact) mass is 388 g/mol. The highest BCUT2D eigenvalue weighted by Crippen LogP contribution is 2.13. The van der Waals surface area contributed by atoms with Crippen molar-refractivity contribution in [1.82, 2.24) is 30.0 Å². The highest BCUT2D eigenvalue weighted by atomic mass is 16.2. The molecule has 2 heterocycles. The molecule has 148 valence electrons. The van der Waals surface area contributed by atoms with Crippen LogP contribution in [0.3, 0.4) is 0 Å². The van der Waals surface area contributed by atoms with Crippen LogP contribution in [0, 0.1) is 6.92 Å². The maximum atomic E-state index is 12.4. The normalized spacial score (nSPS) is 15.1. The van der Waals surface area contributed by atoms with Crippen LogP contribution in [0.5, 0.6) is 0 Å². The zero-order chi connectivity index (χ0) is 20.1. The summed E-state index contributed by atoms with van der Waals surface area (Å²) in [5.74, 6) is 0.857. The van der Waals surface area contributed by atoms with Crippen LogP contribution < -0.4 is 0 Å². The summed E-state index contributed by atoms with van der Waals surface area (Å²) in [5, 5.41) is 12.2. The Morgan fingerprint density at radius 3 is 2.45 bits per heavy atom. The first kappa shape index (κ1) is 19.0. The number of amides is 1. The summed E-state index contributed by atoms with van der Waals surface area (Å²) in [6.07, 6.45) is 3.52. The van der Waals surface area contributed by atoms with Crippen molar-refractivity contribution in [3.63, 3.8) is 0 Å². The molecule has 1 fully saturated rings. The topological polar surface area (TPSA) is 67.2 Å². The van der Waals surface area contributed by atoms with Crippen LogP contribution in [-0.2, 0) is 11.3 Å². The maximum Gasteiger partial charge on any atom is 0.246 e. The Morgan fingerprint density at radius 2 is 1.72 bits per heavy atom. The zero-order valence-electron chi connectivity index (χ0n) is 16.5. The number of rotatable bonds is 5. The number of piperazine rings is 1. The van der Waals surface area contributed by atoms with E-state index in [1.165, 1.54) is 5.56 Å². The number of carbonyl (C=O) groups is 1. The molecule has 0 spiro atoms. The lowest BCUT2D eigenvalue weighted by atomic mass is 10.2. The number of carbonyl (C=O) groups excluding carboxylic acids is 1. The molecule has 1 aliphatic rings. The molecule has 0 aliphatic carbocycles. The zero-order valence-corrected chi connectivity index (χ0v) is 16.5. The van der Waals surface area contributed by atoms with Gasteiger partial charge in [0.05, 0.1) is 12.2 Å². The molecule has 0 radical (unpaired) electrons. The minimum absolute atomic E-state index is 0.0537. The summed E-state index contributed by atoms with van der Waals surface area (Å²) >= 11 is 0. The summed E-state index contributed by atoms with van der Waals surface area (Å²) in [5.41, 5.74) is 3.18. The Balaban J connectivity index is 1.33. The van der Waals surface area contributed by atoms with Gasteiger partial charge in [0, 0.05) is 32.3 Å². The summed E-state index contributed by atoms with van der Waals surface area (Å²) < 4.78 is 1.78. The van der Waals surface area contributed by atoms with Gasteiger partial charge in [-0.3, -0.25) is 9.69 Å². The second-order valence-corrected chi connectivity index (χ2v) is 7.19. The molecule has 1 aliphatic heterocycles. The van der Waals surface area contributed by atoms with Crippen LogP contribution in [0.15, 0.2) is 60.7 Å². The average molecular weight is 388 g/mol. The Morgan fingerprint density at radius 1 is 1.00 bits per heavy atom. The van der Waals surface area contributed by atoms with Gasteiger partial charge >= 0.3 is 0 Å². The Hall–Kier alpha value is -3.32. The molecule has 0 atom stereocenters. The van der Waals surface area contributed by atoms with Crippen molar-refractivity contribution in [3.05, 3.63) is 77.6 Å². The number of aromatic nitrogens is 4. The fourth-order valence-electron chi connectivity index (χ4n) is 3.35. The van der Waals surface area contributed by atoms with E-state index in [1.807, 2.05) is 65.6 Å². The number of hydrogen-bond acceptors (Lipinski definition) is 5. The largest absolute Gasteiger partial charge is 0.337 e. The molecule has 7 heteroatoms.